The van der Waals surface area contributed by atoms with Crippen molar-refractivity contribution in [3.05, 3.63) is 11.6 Å². The zero-order valence-corrected chi connectivity index (χ0v) is 15.8. The number of carbonyl (C=O) groups excluding carboxylic acids is 2. The molecule has 3 aliphatic heterocycles. The summed E-state index contributed by atoms with van der Waals surface area (Å²) in [5.41, 5.74) is 0. The Kier molecular flexibility index (Phi) is 4.36. The number of urea groups is 1. The van der Waals surface area contributed by atoms with Crippen molar-refractivity contribution in [3.8, 4) is 0 Å². The number of likely N-dealkylation sites (tertiary alicyclic amines) is 2. The molecule has 0 saturated carbocycles. The zero-order chi connectivity index (χ0) is 18.4. The first-order valence-electron chi connectivity index (χ1n) is 9.69. The van der Waals surface area contributed by atoms with Crippen LogP contribution in [0.15, 0.2) is 0 Å². The van der Waals surface area contributed by atoms with Gasteiger partial charge in [-0.25, -0.2) is 4.79 Å². The van der Waals surface area contributed by atoms with Gasteiger partial charge in [0.1, 0.15) is 11.6 Å². The van der Waals surface area contributed by atoms with Crippen molar-refractivity contribution in [1.29, 1.82) is 0 Å². The maximum absolute atomic E-state index is 12.9. The number of hydrogen-bond acceptors (Lipinski definition) is 4. The van der Waals surface area contributed by atoms with E-state index < -0.39 is 0 Å². The molecule has 1 N–H and O–H groups in total. The van der Waals surface area contributed by atoms with E-state index in [1.165, 1.54) is 0 Å². The second-order valence-corrected chi connectivity index (χ2v) is 8.15. The molecule has 0 aromatic carbocycles. The van der Waals surface area contributed by atoms with Crippen molar-refractivity contribution in [2.45, 2.75) is 64.1 Å². The summed E-state index contributed by atoms with van der Waals surface area (Å²) in [5, 5.41) is 11.8. The molecule has 8 heteroatoms. The van der Waals surface area contributed by atoms with Gasteiger partial charge in [0.2, 0.25) is 5.91 Å². The summed E-state index contributed by atoms with van der Waals surface area (Å²) in [7, 11) is 1.83. The van der Waals surface area contributed by atoms with Crippen molar-refractivity contribution in [2.75, 3.05) is 20.1 Å². The molecule has 2 saturated heterocycles. The molecule has 0 bridgehead atoms. The minimum absolute atomic E-state index is 0.0153. The second-order valence-electron chi connectivity index (χ2n) is 8.15. The van der Waals surface area contributed by atoms with Gasteiger partial charge in [0.05, 0.1) is 12.0 Å². The van der Waals surface area contributed by atoms with E-state index in [2.05, 4.69) is 33.9 Å². The predicted octanol–water partition coefficient (Wildman–Crippen LogP) is 0.979. The van der Waals surface area contributed by atoms with Gasteiger partial charge in [0, 0.05) is 45.1 Å². The summed E-state index contributed by atoms with van der Waals surface area (Å²) in [6.07, 6.45) is 3.50. The molecular formula is C18H28N6O2. The molecule has 1 aromatic rings. The minimum atomic E-state index is -0.0320. The molecule has 3 aliphatic rings. The molecule has 4 rings (SSSR count). The first-order valence-corrected chi connectivity index (χ1v) is 9.69. The van der Waals surface area contributed by atoms with Crippen molar-refractivity contribution < 1.29 is 9.59 Å². The SMILES string of the molecule is CC(C)c1nnc2n1CC(NC(=O)N1CCC[C@H]3C(=O)N(C)C[C@H]31)CC2. The largest absolute Gasteiger partial charge is 0.343 e. The lowest BCUT2D eigenvalue weighted by atomic mass is 9.92. The van der Waals surface area contributed by atoms with E-state index in [-0.39, 0.29) is 29.9 Å². The number of nitrogens with one attached hydrogen (secondary N) is 1. The van der Waals surface area contributed by atoms with E-state index in [9.17, 15) is 9.59 Å². The van der Waals surface area contributed by atoms with Crippen LogP contribution in [0.1, 0.15) is 50.7 Å². The Morgan fingerprint density at radius 2 is 2.04 bits per heavy atom. The first kappa shape index (κ1) is 17.3. The number of aryl methyl sites for hydroxylation is 1. The van der Waals surface area contributed by atoms with Gasteiger partial charge < -0.3 is 19.7 Å². The number of carbonyl (C=O) groups is 2. The highest BCUT2D eigenvalue weighted by Crippen LogP contribution is 2.31. The van der Waals surface area contributed by atoms with Crippen LogP contribution in [0.4, 0.5) is 4.79 Å². The average Bonchev–Trinajstić information content (AvgIpc) is 3.16. The lowest BCUT2D eigenvalue weighted by Crippen LogP contribution is -2.55. The van der Waals surface area contributed by atoms with Gasteiger partial charge in [0.25, 0.3) is 0 Å². The Morgan fingerprint density at radius 3 is 2.81 bits per heavy atom. The molecule has 1 unspecified atom stereocenters. The third-order valence-electron chi connectivity index (χ3n) is 6.01. The van der Waals surface area contributed by atoms with Crippen LogP contribution in [-0.2, 0) is 17.8 Å². The number of likely N-dealkylation sites (N-methyl/N-ethyl adjacent to an activating group) is 1. The Labute approximate surface area is 153 Å². The molecule has 142 valence electrons. The molecule has 0 radical (unpaired) electrons. The second kappa shape index (κ2) is 6.55. The van der Waals surface area contributed by atoms with E-state index in [0.29, 0.717) is 12.5 Å². The van der Waals surface area contributed by atoms with Crippen LogP contribution >= 0.6 is 0 Å². The fourth-order valence-corrected chi connectivity index (χ4v) is 4.63. The van der Waals surface area contributed by atoms with Crippen molar-refractivity contribution >= 4 is 11.9 Å². The summed E-state index contributed by atoms with van der Waals surface area (Å²) in [4.78, 5) is 28.8. The molecule has 1 aromatic heterocycles. The zero-order valence-electron chi connectivity index (χ0n) is 15.8. The quantitative estimate of drug-likeness (QED) is 0.852. The monoisotopic (exact) mass is 360 g/mol. The molecule has 0 spiro atoms. The van der Waals surface area contributed by atoms with E-state index in [4.69, 9.17) is 0 Å². The number of amides is 3. The van der Waals surface area contributed by atoms with Crippen LogP contribution in [0.2, 0.25) is 0 Å². The van der Waals surface area contributed by atoms with Crippen LogP contribution in [0.5, 0.6) is 0 Å². The minimum Gasteiger partial charge on any atom is -0.343 e. The number of fused-ring (bicyclic) bond motifs is 2. The third kappa shape index (κ3) is 2.85. The smallest absolute Gasteiger partial charge is 0.318 e. The summed E-state index contributed by atoms with van der Waals surface area (Å²) in [5.74, 6) is 2.47. The van der Waals surface area contributed by atoms with Crippen LogP contribution in [0.25, 0.3) is 0 Å². The maximum atomic E-state index is 12.9. The molecule has 4 heterocycles. The number of aromatic nitrogens is 3. The normalized spacial score (nSPS) is 28.3. The number of nitrogens with zero attached hydrogens (tertiary/aromatic N) is 5. The lowest BCUT2D eigenvalue weighted by Gasteiger charge is -2.37. The van der Waals surface area contributed by atoms with Gasteiger partial charge in [-0.05, 0) is 19.3 Å². The Balaban J connectivity index is 1.44. The van der Waals surface area contributed by atoms with Crippen LogP contribution in [0, 0.1) is 5.92 Å². The van der Waals surface area contributed by atoms with Gasteiger partial charge in [-0.2, -0.15) is 0 Å². The molecule has 2 fully saturated rings. The Bertz CT molecular complexity index is 715. The highest BCUT2D eigenvalue weighted by atomic mass is 16.2. The Morgan fingerprint density at radius 1 is 1.23 bits per heavy atom. The topological polar surface area (TPSA) is 83.4 Å². The van der Waals surface area contributed by atoms with Crippen LogP contribution in [-0.4, -0.2) is 68.7 Å². The van der Waals surface area contributed by atoms with E-state index in [1.807, 2.05) is 11.9 Å². The van der Waals surface area contributed by atoms with Gasteiger partial charge >= 0.3 is 6.03 Å². The predicted molar refractivity (Wildman–Crippen MR) is 95.6 cm³/mol. The standard InChI is InChI=1S/C18H28N6O2/c1-11(2)16-21-20-15-7-6-12(9-24(15)16)19-18(26)23-8-4-5-13-14(23)10-22(3)17(13)25/h11-14H,4-10H2,1-3H3,(H,19,26)/t12?,13-,14-/m1/s1. The molecular weight excluding hydrogens is 332 g/mol. The van der Waals surface area contributed by atoms with Crippen molar-refractivity contribution in [3.63, 3.8) is 0 Å². The maximum Gasteiger partial charge on any atom is 0.318 e. The highest BCUT2D eigenvalue weighted by molar-refractivity contribution is 5.84. The third-order valence-corrected chi connectivity index (χ3v) is 6.01. The number of piperidine rings is 1. The highest BCUT2D eigenvalue weighted by Gasteiger charge is 2.45. The summed E-state index contributed by atoms with van der Waals surface area (Å²) in [6, 6.07) is 0.0654. The van der Waals surface area contributed by atoms with Crippen LogP contribution < -0.4 is 5.32 Å². The van der Waals surface area contributed by atoms with Crippen molar-refractivity contribution in [2.24, 2.45) is 5.92 Å². The van der Waals surface area contributed by atoms with E-state index in [0.717, 1.165) is 50.4 Å². The number of rotatable bonds is 2. The van der Waals surface area contributed by atoms with Gasteiger partial charge in [0.15, 0.2) is 0 Å². The average molecular weight is 360 g/mol. The molecule has 0 aliphatic carbocycles. The fraction of sp³-hybridized carbons (Fsp3) is 0.778. The summed E-state index contributed by atoms with van der Waals surface area (Å²) < 4.78 is 2.16. The van der Waals surface area contributed by atoms with E-state index in [1.54, 1.807) is 4.90 Å². The lowest BCUT2D eigenvalue weighted by molar-refractivity contribution is -0.130. The molecule has 26 heavy (non-hydrogen) atoms. The molecule has 8 nitrogen and oxygen atoms in total. The van der Waals surface area contributed by atoms with Gasteiger partial charge in [-0.3, -0.25) is 4.79 Å². The Hall–Kier alpha value is -2.12. The van der Waals surface area contributed by atoms with Gasteiger partial charge in [-0.15, -0.1) is 10.2 Å². The molecule has 3 atom stereocenters. The van der Waals surface area contributed by atoms with Crippen molar-refractivity contribution in [1.82, 2.24) is 29.9 Å². The summed E-state index contributed by atoms with van der Waals surface area (Å²) in [6.45, 7) is 6.33. The first-order chi connectivity index (χ1) is 12.5. The molecule has 3 amide bonds. The number of hydrogen-bond donors (Lipinski definition) is 1. The van der Waals surface area contributed by atoms with E-state index >= 15 is 0 Å². The van der Waals surface area contributed by atoms with Crippen LogP contribution in [0.3, 0.4) is 0 Å². The van der Waals surface area contributed by atoms with Gasteiger partial charge in [-0.1, -0.05) is 13.8 Å². The fourth-order valence-electron chi connectivity index (χ4n) is 4.63. The summed E-state index contributed by atoms with van der Waals surface area (Å²) >= 11 is 0.